The summed E-state index contributed by atoms with van der Waals surface area (Å²) in [6.45, 7) is 0. The normalized spacial score (nSPS) is 10.2. The maximum atomic E-state index is 10.4. The number of ether oxygens (including phenoxy) is 1. The molecule has 0 spiro atoms. The summed E-state index contributed by atoms with van der Waals surface area (Å²) in [6, 6.07) is 7.54. The van der Waals surface area contributed by atoms with E-state index in [-0.39, 0.29) is 5.88 Å². The molecule has 0 radical (unpaired) electrons. The van der Waals surface area contributed by atoms with Crippen LogP contribution in [0.15, 0.2) is 42.9 Å². The molecule has 104 valence electrons. The fraction of sp³-hybridized carbons (Fsp3) is 0.267. The number of hydrogen-bond acceptors (Lipinski definition) is 4. The topological polar surface area (TPSA) is 72.3 Å². The summed E-state index contributed by atoms with van der Waals surface area (Å²) in [4.78, 5) is 18.4. The summed E-state index contributed by atoms with van der Waals surface area (Å²) in [5.74, 6) is 0.127. The van der Waals surface area contributed by atoms with Crippen molar-refractivity contribution in [3.63, 3.8) is 0 Å². The van der Waals surface area contributed by atoms with Gasteiger partial charge < -0.3 is 9.84 Å². The van der Waals surface area contributed by atoms with Crippen molar-refractivity contribution in [2.75, 3.05) is 0 Å². The van der Waals surface area contributed by atoms with Gasteiger partial charge >= 0.3 is 6.16 Å². The Bertz CT molecular complexity index is 558. The fourth-order valence-electron chi connectivity index (χ4n) is 1.96. The van der Waals surface area contributed by atoms with Crippen molar-refractivity contribution >= 4 is 6.16 Å². The Morgan fingerprint density at radius 1 is 1.15 bits per heavy atom. The third kappa shape index (κ3) is 4.68. The third-order valence-corrected chi connectivity index (χ3v) is 2.89. The maximum absolute atomic E-state index is 10.4. The molecule has 0 amide bonds. The van der Waals surface area contributed by atoms with Crippen molar-refractivity contribution in [3.8, 4) is 5.88 Å². The quantitative estimate of drug-likeness (QED) is 0.646. The van der Waals surface area contributed by atoms with Crippen molar-refractivity contribution in [2.45, 2.75) is 25.7 Å². The molecule has 2 heterocycles. The van der Waals surface area contributed by atoms with Crippen molar-refractivity contribution in [1.29, 1.82) is 0 Å². The Kier molecular flexibility index (Phi) is 5.06. The van der Waals surface area contributed by atoms with Gasteiger partial charge in [-0.25, -0.2) is 9.78 Å². The second kappa shape index (κ2) is 7.23. The number of carbonyl (C=O) groups is 1. The first-order valence-corrected chi connectivity index (χ1v) is 6.48. The zero-order valence-electron chi connectivity index (χ0n) is 11.0. The van der Waals surface area contributed by atoms with Crippen molar-refractivity contribution in [1.82, 2.24) is 9.97 Å². The molecule has 20 heavy (non-hydrogen) atoms. The van der Waals surface area contributed by atoms with Crippen LogP contribution in [0.3, 0.4) is 0 Å². The highest BCUT2D eigenvalue weighted by Crippen LogP contribution is 2.13. The van der Waals surface area contributed by atoms with E-state index in [0.717, 1.165) is 31.2 Å². The molecule has 0 saturated heterocycles. The monoisotopic (exact) mass is 272 g/mol. The number of nitrogens with zero attached hydrogens (tertiary/aromatic N) is 2. The van der Waals surface area contributed by atoms with Crippen LogP contribution < -0.4 is 4.74 Å². The van der Waals surface area contributed by atoms with Crippen LogP contribution in [0.1, 0.15) is 24.0 Å². The predicted octanol–water partition coefficient (Wildman–Crippen LogP) is 3.10. The molecule has 5 heteroatoms. The summed E-state index contributed by atoms with van der Waals surface area (Å²) in [6.07, 6.45) is 7.82. The zero-order chi connectivity index (χ0) is 14.2. The molecule has 0 aliphatic rings. The highest BCUT2D eigenvalue weighted by atomic mass is 16.7. The van der Waals surface area contributed by atoms with E-state index in [1.807, 2.05) is 18.3 Å². The average molecular weight is 272 g/mol. The lowest BCUT2D eigenvalue weighted by molar-refractivity contribution is 0.142. The smallest absolute Gasteiger partial charge is 0.449 e. The lowest BCUT2D eigenvalue weighted by Gasteiger charge is -2.04. The van der Waals surface area contributed by atoms with E-state index in [4.69, 9.17) is 5.11 Å². The first-order valence-electron chi connectivity index (χ1n) is 6.48. The largest absolute Gasteiger partial charge is 0.512 e. The molecule has 0 atom stereocenters. The Hall–Kier alpha value is -2.43. The zero-order valence-corrected chi connectivity index (χ0v) is 11.0. The number of pyridine rings is 2. The number of rotatable bonds is 6. The first kappa shape index (κ1) is 14.0. The van der Waals surface area contributed by atoms with E-state index >= 15 is 0 Å². The SMILES string of the molecule is O=C(O)Oc1cc(CCCCc2cccnc2)ccn1. The van der Waals surface area contributed by atoms with Crippen LogP contribution in [-0.2, 0) is 12.8 Å². The number of unbranched alkanes of at least 4 members (excludes halogenated alkanes) is 1. The molecule has 1 N–H and O–H groups in total. The van der Waals surface area contributed by atoms with Crippen LogP contribution in [0.2, 0.25) is 0 Å². The summed E-state index contributed by atoms with van der Waals surface area (Å²) in [5, 5.41) is 8.53. The van der Waals surface area contributed by atoms with Crippen molar-refractivity contribution in [3.05, 3.63) is 54.0 Å². The van der Waals surface area contributed by atoms with Gasteiger partial charge in [0.2, 0.25) is 5.88 Å². The number of aryl methyl sites for hydroxylation is 2. The average Bonchev–Trinajstić information content (AvgIpc) is 2.44. The lowest BCUT2D eigenvalue weighted by Crippen LogP contribution is -2.04. The minimum atomic E-state index is -1.34. The van der Waals surface area contributed by atoms with E-state index in [9.17, 15) is 4.79 Å². The second-order valence-electron chi connectivity index (χ2n) is 4.44. The molecule has 0 aliphatic heterocycles. The molecule has 0 aliphatic carbocycles. The van der Waals surface area contributed by atoms with E-state index in [1.54, 1.807) is 18.5 Å². The van der Waals surface area contributed by atoms with Crippen LogP contribution in [0, 0.1) is 0 Å². The molecule has 0 saturated carbocycles. The number of hydrogen-bond donors (Lipinski definition) is 1. The molecule has 0 fully saturated rings. The van der Waals surface area contributed by atoms with E-state index in [2.05, 4.69) is 20.8 Å². The Morgan fingerprint density at radius 2 is 1.95 bits per heavy atom. The molecule has 0 bridgehead atoms. The van der Waals surface area contributed by atoms with Gasteiger partial charge in [-0.05, 0) is 48.9 Å². The van der Waals surface area contributed by atoms with Gasteiger partial charge in [0, 0.05) is 24.7 Å². The van der Waals surface area contributed by atoms with Gasteiger partial charge in [0.15, 0.2) is 0 Å². The van der Waals surface area contributed by atoms with Gasteiger partial charge in [-0.3, -0.25) is 4.98 Å². The van der Waals surface area contributed by atoms with E-state index < -0.39 is 6.16 Å². The van der Waals surface area contributed by atoms with Crippen LogP contribution in [-0.4, -0.2) is 21.2 Å². The van der Waals surface area contributed by atoms with Gasteiger partial charge in [0.25, 0.3) is 0 Å². The highest BCUT2D eigenvalue weighted by molar-refractivity contribution is 5.60. The van der Waals surface area contributed by atoms with Crippen LogP contribution >= 0.6 is 0 Å². The van der Waals surface area contributed by atoms with Crippen molar-refractivity contribution in [2.24, 2.45) is 0 Å². The van der Waals surface area contributed by atoms with Crippen LogP contribution in [0.5, 0.6) is 5.88 Å². The second-order valence-corrected chi connectivity index (χ2v) is 4.44. The Balaban J connectivity index is 1.78. The fourth-order valence-corrected chi connectivity index (χ4v) is 1.96. The van der Waals surface area contributed by atoms with E-state index in [0.29, 0.717) is 0 Å². The molecule has 2 rings (SSSR count). The van der Waals surface area contributed by atoms with Gasteiger partial charge in [0.1, 0.15) is 0 Å². The number of aromatic nitrogens is 2. The van der Waals surface area contributed by atoms with Crippen LogP contribution in [0.25, 0.3) is 0 Å². The first-order chi connectivity index (χ1) is 9.74. The molecule has 5 nitrogen and oxygen atoms in total. The Labute approximate surface area is 117 Å². The summed E-state index contributed by atoms with van der Waals surface area (Å²) >= 11 is 0. The summed E-state index contributed by atoms with van der Waals surface area (Å²) < 4.78 is 4.53. The molecule has 2 aromatic heterocycles. The molecular weight excluding hydrogens is 256 g/mol. The third-order valence-electron chi connectivity index (χ3n) is 2.89. The lowest BCUT2D eigenvalue weighted by atomic mass is 10.1. The minimum Gasteiger partial charge on any atom is -0.449 e. The van der Waals surface area contributed by atoms with Gasteiger partial charge in [-0.15, -0.1) is 0 Å². The standard InChI is InChI=1S/C15H16N2O3/c18-15(19)20-14-10-12(7-9-17-14)4-1-2-5-13-6-3-8-16-11-13/h3,6-11H,1-2,4-5H2,(H,18,19). The minimum absolute atomic E-state index is 0.127. The molecule has 0 aromatic carbocycles. The van der Waals surface area contributed by atoms with E-state index in [1.165, 1.54) is 5.56 Å². The number of carboxylic acid groups (broad SMARTS) is 1. The molecule has 0 unspecified atom stereocenters. The Morgan fingerprint density at radius 3 is 2.65 bits per heavy atom. The van der Waals surface area contributed by atoms with Gasteiger partial charge in [0.05, 0.1) is 0 Å². The van der Waals surface area contributed by atoms with Crippen molar-refractivity contribution < 1.29 is 14.6 Å². The summed E-state index contributed by atoms with van der Waals surface area (Å²) in [7, 11) is 0. The van der Waals surface area contributed by atoms with Crippen LogP contribution in [0.4, 0.5) is 4.79 Å². The molecule has 2 aromatic rings. The van der Waals surface area contributed by atoms with Gasteiger partial charge in [-0.1, -0.05) is 6.07 Å². The maximum Gasteiger partial charge on any atom is 0.512 e. The molecular formula is C15H16N2O3. The highest BCUT2D eigenvalue weighted by Gasteiger charge is 2.03. The summed E-state index contributed by atoms with van der Waals surface area (Å²) in [5.41, 5.74) is 2.26. The predicted molar refractivity (Wildman–Crippen MR) is 73.8 cm³/mol. The van der Waals surface area contributed by atoms with Gasteiger partial charge in [-0.2, -0.15) is 0 Å².